The van der Waals surface area contributed by atoms with Crippen molar-refractivity contribution in [1.82, 2.24) is 5.32 Å². The number of hydrogen-bond donors (Lipinski definition) is 2. The van der Waals surface area contributed by atoms with E-state index < -0.39 is 5.76 Å². The molecule has 0 fully saturated rings. The molecular weight excluding hydrogens is 354 g/mol. The summed E-state index contributed by atoms with van der Waals surface area (Å²) in [5.74, 6) is -2.98. The SMILES string of the molecule is O=C(CCCNC(=O)c1cccs1)Nc1ccccc1SC(F)F. The largest absolute Gasteiger partial charge is 0.351 e. The van der Waals surface area contributed by atoms with Gasteiger partial charge < -0.3 is 10.6 Å². The molecule has 0 saturated carbocycles. The van der Waals surface area contributed by atoms with Crippen LogP contribution in [0.25, 0.3) is 0 Å². The second-order valence-electron chi connectivity index (χ2n) is 4.76. The summed E-state index contributed by atoms with van der Waals surface area (Å²) in [6.45, 7) is 0.373. The van der Waals surface area contributed by atoms with Crippen molar-refractivity contribution in [1.29, 1.82) is 0 Å². The standard InChI is InChI=1S/C16H16F2N2O2S2/c17-16(18)24-12-6-2-1-5-11(12)20-14(21)8-3-9-19-15(22)13-7-4-10-23-13/h1-2,4-7,10,16H,3,8-9H2,(H,19,22)(H,20,21). The minimum absolute atomic E-state index is 0.163. The van der Waals surface area contributed by atoms with Crippen LogP contribution in [0.5, 0.6) is 0 Å². The maximum Gasteiger partial charge on any atom is 0.288 e. The minimum Gasteiger partial charge on any atom is -0.351 e. The molecule has 1 aromatic heterocycles. The molecule has 0 unspecified atom stereocenters. The molecule has 2 amide bonds. The van der Waals surface area contributed by atoms with Crippen LogP contribution in [0.2, 0.25) is 0 Å². The third kappa shape index (κ3) is 5.93. The second-order valence-corrected chi connectivity index (χ2v) is 6.74. The molecule has 8 heteroatoms. The molecule has 2 rings (SSSR count). The Morgan fingerprint density at radius 1 is 1.17 bits per heavy atom. The van der Waals surface area contributed by atoms with Crippen LogP contribution < -0.4 is 10.6 Å². The van der Waals surface area contributed by atoms with Crippen molar-refractivity contribution in [2.24, 2.45) is 0 Å². The van der Waals surface area contributed by atoms with Crippen molar-refractivity contribution in [2.75, 3.05) is 11.9 Å². The fraction of sp³-hybridized carbons (Fsp3) is 0.250. The number of thiophene rings is 1. The van der Waals surface area contributed by atoms with Crippen molar-refractivity contribution < 1.29 is 18.4 Å². The first-order chi connectivity index (χ1) is 11.6. The molecule has 0 spiro atoms. The third-order valence-corrected chi connectivity index (χ3v) is 4.65. The van der Waals surface area contributed by atoms with Crippen LogP contribution in [-0.2, 0) is 4.79 Å². The zero-order chi connectivity index (χ0) is 17.4. The van der Waals surface area contributed by atoms with Gasteiger partial charge in [-0.05, 0) is 30.0 Å². The number of hydrogen-bond acceptors (Lipinski definition) is 4. The van der Waals surface area contributed by atoms with E-state index in [9.17, 15) is 18.4 Å². The van der Waals surface area contributed by atoms with E-state index in [1.165, 1.54) is 17.4 Å². The number of benzene rings is 1. The molecule has 2 N–H and O–H groups in total. The Bertz CT molecular complexity index is 678. The van der Waals surface area contributed by atoms with Gasteiger partial charge in [0.25, 0.3) is 11.7 Å². The average molecular weight is 370 g/mol. The molecule has 1 aromatic carbocycles. The van der Waals surface area contributed by atoms with Gasteiger partial charge in [-0.25, -0.2) is 0 Å². The maximum absolute atomic E-state index is 12.5. The van der Waals surface area contributed by atoms with Gasteiger partial charge in [0, 0.05) is 17.9 Å². The van der Waals surface area contributed by atoms with E-state index in [2.05, 4.69) is 10.6 Å². The lowest BCUT2D eigenvalue weighted by atomic mass is 10.2. The van der Waals surface area contributed by atoms with Crippen LogP contribution in [-0.4, -0.2) is 24.1 Å². The highest BCUT2D eigenvalue weighted by atomic mass is 32.2. The van der Waals surface area contributed by atoms with E-state index in [1.807, 2.05) is 5.38 Å². The van der Waals surface area contributed by atoms with Crippen molar-refractivity contribution >= 4 is 40.6 Å². The highest BCUT2D eigenvalue weighted by molar-refractivity contribution is 7.99. The Balaban J connectivity index is 1.75. The van der Waals surface area contributed by atoms with Crippen LogP contribution in [0.3, 0.4) is 0 Å². The summed E-state index contributed by atoms with van der Waals surface area (Å²) in [7, 11) is 0. The fourth-order valence-electron chi connectivity index (χ4n) is 1.93. The lowest BCUT2D eigenvalue weighted by Gasteiger charge is -2.10. The summed E-state index contributed by atoms with van der Waals surface area (Å²) in [5.41, 5.74) is 0.371. The highest BCUT2D eigenvalue weighted by Crippen LogP contribution is 2.31. The lowest BCUT2D eigenvalue weighted by molar-refractivity contribution is -0.116. The van der Waals surface area contributed by atoms with Gasteiger partial charge in [0.2, 0.25) is 5.91 Å². The summed E-state index contributed by atoms with van der Waals surface area (Å²) >= 11 is 1.74. The Morgan fingerprint density at radius 2 is 1.96 bits per heavy atom. The van der Waals surface area contributed by atoms with Crippen LogP contribution in [0, 0.1) is 0 Å². The van der Waals surface area contributed by atoms with Gasteiger partial charge in [0.15, 0.2) is 0 Å². The molecule has 1 heterocycles. The van der Waals surface area contributed by atoms with Crippen molar-refractivity contribution in [3.63, 3.8) is 0 Å². The minimum atomic E-state index is -2.55. The predicted molar refractivity (Wildman–Crippen MR) is 92.8 cm³/mol. The van der Waals surface area contributed by atoms with E-state index in [4.69, 9.17) is 0 Å². The van der Waals surface area contributed by atoms with Crippen molar-refractivity contribution in [3.05, 3.63) is 46.7 Å². The Morgan fingerprint density at radius 3 is 2.67 bits per heavy atom. The highest BCUT2D eigenvalue weighted by Gasteiger charge is 2.12. The number of para-hydroxylation sites is 1. The molecule has 0 radical (unpaired) electrons. The molecule has 0 bridgehead atoms. The maximum atomic E-state index is 12.5. The summed E-state index contributed by atoms with van der Waals surface area (Å²) in [6, 6.07) is 9.95. The summed E-state index contributed by atoms with van der Waals surface area (Å²) < 4.78 is 25.0. The average Bonchev–Trinajstić information content (AvgIpc) is 3.07. The van der Waals surface area contributed by atoms with Gasteiger partial charge in [0.05, 0.1) is 10.6 Å². The third-order valence-electron chi connectivity index (χ3n) is 2.99. The van der Waals surface area contributed by atoms with Gasteiger partial charge in [0.1, 0.15) is 0 Å². The lowest BCUT2D eigenvalue weighted by Crippen LogP contribution is -2.24. The van der Waals surface area contributed by atoms with Crippen LogP contribution in [0.15, 0.2) is 46.7 Å². The summed E-state index contributed by atoms with van der Waals surface area (Å²) in [5, 5.41) is 7.17. The van der Waals surface area contributed by atoms with Crippen LogP contribution >= 0.6 is 23.1 Å². The van der Waals surface area contributed by atoms with Gasteiger partial charge in [-0.3, -0.25) is 9.59 Å². The summed E-state index contributed by atoms with van der Waals surface area (Å²) in [4.78, 5) is 24.6. The van der Waals surface area contributed by atoms with E-state index in [0.717, 1.165) is 0 Å². The van der Waals surface area contributed by atoms with Gasteiger partial charge >= 0.3 is 0 Å². The van der Waals surface area contributed by atoms with Crippen LogP contribution in [0.1, 0.15) is 22.5 Å². The van der Waals surface area contributed by atoms with Crippen molar-refractivity contribution in [3.8, 4) is 0 Å². The molecule has 0 atom stereocenters. The Hall–Kier alpha value is -1.93. The van der Waals surface area contributed by atoms with E-state index in [1.54, 1.807) is 30.3 Å². The van der Waals surface area contributed by atoms with Gasteiger partial charge in [-0.1, -0.05) is 30.0 Å². The second kappa shape index (κ2) is 9.39. The zero-order valence-electron chi connectivity index (χ0n) is 12.6. The quantitative estimate of drug-likeness (QED) is 0.541. The molecule has 2 aromatic rings. The number of carbonyl (C=O) groups excluding carboxylic acids is 2. The van der Waals surface area contributed by atoms with Gasteiger partial charge in [-0.15, -0.1) is 11.3 Å². The van der Waals surface area contributed by atoms with Crippen LogP contribution in [0.4, 0.5) is 14.5 Å². The monoisotopic (exact) mass is 370 g/mol. The number of halogens is 2. The normalized spacial score (nSPS) is 10.6. The molecular formula is C16H16F2N2O2S2. The first-order valence-electron chi connectivity index (χ1n) is 7.21. The fourth-order valence-corrected chi connectivity index (χ4v) is 3.16. The smallest absolute Gasteiger partial charge is 0.288 e. The predicted octanol–water partition coefficient (Wildman–Crippen LogP) is 4.21. The molecule has 0 aliphatic rings. The number of anilines is 1. The topological polar surface area (TPSA) is 58.2 Å². The number of alkyl halides is 2. The number of amides is 2. The van der Waals surface area contributed by atoms with Crippen molar-refractivity contribution in [2.45, 2.75) is 23.5 Å². The first-order valence-corrected chi connectivity index (χ1v) is 8.97. The molecule has 128 valence electrons. The van der Waals surface area contributed by atoms with E-state index >= 15 is 0 Å². The van der Waals surface area contributed by atoms with E-state index in [-0.39, 0.29) is 18.2 Å². The number of thioether (sulfide) groups is 1. The summed E-state index contributed by atoms with van der Waals surface area (Å²) in [6.07, 6.45) is 0.658. The molecule has 24 heavy (non-hydrogen) atoms. The Labute approximate surface area is 146 Å². The molecule has 4 nitrogen and oxygen atoms in total. The molecule has 0 aliphatic carbocycles. The van der Waals surface area contributed by atoms with Gasteiger partial charge in [-0.2, -0.15) is 8.78 Å². The number of carbonyl (C=O) groups is 2. The molecule has 0 saturated heterocycles. The molecule has 0 aliphatic heterocycles. The number of nitrogens with one attached hydrogen (secondary N) is 2. The van der Waals surface area contributed by atoms with E-state index in [0.29, 0.717) is 40.2 Å². The first kappa shape index (κ1) is 18.4. The zero-order valence-corrected chi connectivity index (χ0v) is 14.3. The number of rotatable bonds is 8. The Kier molecular flexibility index (Phi) is 7.20.